The van der Waals surface area contributed by atoms with Gasteiger partial charge in [0, 0.05) is 34.4 Å². The van der Waals surface area contributed by atoms with Gasteiger partial charge in [0.05, 0.1) is 12.6 Å². The summed E-state index contributed by atoms with van der Waals surface area (Å²) in [5.41, 5.74) is 1.98. The predicted molar refractivity (Wildman–Crippen MR) is 124 cm³/mol. The molecule has 0 radical (unpaired) electrons. The average Bonchev–Trinajstić information content (AvgIpc) is 3.15. The van der Waals surface area contributed by atoms with Gasteiger partial charge in [-0.25, -0.2) is 0 Å². The molecule has 2 aromatic rings. The lowest BCUT2D eigenvalue weighted by Crippen LogP contribution is -2.47. The maximum atomic E-state index is 13.4. The summed E-state index contributed by atoms with van der Waals surface area (Å²) in [5, 5.41) is 3.17. The Kier molecular flexibility index (Phi) is 7.83. The van der Waals surface area contributed by atoms with Crippen LogP contribution >= 0.6 is 34.5 Å². The van der Waals surface area contributed by atoms with Crippen molar-refractivity contribution >= 4 is 46.4 Å². The smallest absolute Gasteiger partial charge is 0.242 e. The van der Waals surface area contributed by atoms with Gasteiger partial charge in [0.2, 0.25) is 11.8 Å². The summed E-state index contributed by atoms with van der Waals surface area (Å²) in [7, 11) is 0. The van der Waals surface area contributed by atoms with Crippen LogP contribution in [0.1, 0.15) is 55.7 Å². The van der Waals surface area contributed by atoms with Gasteiger partial charge in [-0.05, 0) is 53.5 Å². The zero-order valence-electron chi connectivity index (χ0n) is 17.7. The quantitative estimate of drug-likeness (QED) is 0.515. The summed E-state index contributed by atoms with van der Waals surface area (Å²) in [6.45, 7) is 7.35. The molecular formula is C23H28Cl2N2O2S. The summed E-state index contributed by atoms with van der Waals surface area (Å²) in [4.78, 5) is 31.0. The lowest BCUT2D eigenvalue weighted by molar-refractivity contribution is -0.142. The van der Waals surface area contributed by atoms with Crippen LogP contribution in [0.4, 0.5) is 0 Å². The van der Waals surface area contributed by atoms with Crippen LogP contribution in [-0.2, 0) is 16.0 Å². The highest BCUT2D eigenvalue weighted by molar-refractivity contribution is 7.10. The molecule has 0 aliphatic carbocycles. The van der Waals surface area contributed by atoms with E-state index in [1.165, 1.54) is 4.88 Å². The minimum absolute atomic E-state index is 0.0366. The highest BCUT2D eigenvalue weighted by Crippen LogP contribution is 2.41. The molecule has 162 valence electrons. The van der Waals surface area contributed by atoms with Crippen molar-refractivity contribution in [2.45, 2.75) is 46.1 Å². The second-order valence-corrected chi connectivity index (χ2v) is 9.96. The van der Waals surface area contributed by atoms with E-state index in [9.17, 15) is 9.59 Å². The third-order valence-electron chi connectivity index (χ3n) is 5.30. The SMILES string of the molecule is CCCN(CC(=O)N1CCc2sccc2C1c1ccc(Cl)cc1Cl)C(=O)CC(C)C. The van der Waals surface area contributed by atoms with Crippen molar-refractivity contribution in [2.75, 3.05) is 19.6 Å². The average molecular weight is 467 g/mol. The Morgan fingerprint density at radius 3 is 2.67 bits per heavy atom. The standard InChI is InChI=1S/C23H28Cl2N2O2S/c1-4-9-26(21(28)12-15(2)3)14-22(29)27-10-7-20-18(8-11-30-20)23(27)17-6-5-16(24)13-19(17)25/h5-6,8,11,13,15,23H,4,7,9-10,12,14H2,1-3H3. The van der Waals surface area contributed by atoms with Crippen molar-refractivity contribution in [1.29, 1.82) is 0 Å². The molecule has 2 amide bonds. The molecule has 0 fully saturated rings. The van der Waals surface area contributed by atoms with E-state index in [0.717, 1.165) is 24.0 Å². The topological polar surface area (TPSA) is 40.6 Å². The van der Waals surface area contributed by atoms with Crippen molar-refractivity contribution in [2.24, 2.45) is 5.92 Å². The zero-order valence-corrected chi connectivity index (χ0v) is 20.0. The summed E-state index contributed by atoms with van der Waals surface area (Å²) in [6.07, 6.45) is 2.08. The molecule has 0 saturated carbocycles. The van der Waals surface area contributed by atoms with E-state index >= 15 is 0 Å². The molecule has 1 aromatic heterocycles. The molecule has 4 nitrogen and oxygen atoms in total. The predicted octanol–water partition coefficient (Wildman–Crippen LogP) is 5.81. The summed E-state index contributed by atoms with van der Waals surface area (Å²) < 4.78 is 0. The van der Waals surface area contributed by atoms with Gasteiger partial charge in [0.25, 0.3) is 0 Å². The second-order valence-electron chi connectivity index (χ2n) is 8.12. The van der Waals surface area contributed by atoms with Crippen molar-refractivity contribution in [3.8, 4) is 0 Å². The molecule has 3 rings (SSSR count). The number of fused-ring (bicyclic) bond motifs is 1. The van der Waals surface area contributed by atoms with Crippen LogP contribution in [0.2, 0.25) is 10.0 Å². The van der Waals surface area contributed by atoms with Crippen LogP contribution < -0.4 is 0 Å². The summed E-state index contributed by atoms with van der Waals surface area (Å²) in [6, 6.07) is 7.23. The van der Waals surface area contributed by atoms with E-state index in [1.54, 1.807) is 22.3 Å². The molecule has 30 heavy (non-hydrogen) atoms. The van der Waals surface area contributed by atoms with E-state index in [1.807, 2.05) is 37.8 Å². The van der Waals surface area contributed by atoms with Crippen LogP contribution in [-0.4, -0.2) is 41.2 Å². The minimum Gasteiger partial charge on any atom is -0.333 e. The molecule has 1 aliphatic rings. The Balaban J connectivity index is 1.90. The number of hydrogen-bond acceptors (Lipinski definition) is 3. The first-order valence-electron chi connectivity index (χ1n) is 10.4. The molecule has 7 heteroatoms. The van der Waals surface area contributed by atoms with Crippen LogP contribution in [0.3, 0.4) is 0 Å². The van der Waals surface area contributed by atoms with Crippen molar-refractivity contribution in [1.82, 2.24) is 9.80 Å². The Morgan fingerprint density at radius 2 is 2.00 bits per heavy atom. The number of halogens is 2. The van der Waals surface area contributed by atoms with Crippen LogP contribution in [0.15, 0.2) is 29.6 Å². The van der Waals surface area contributed by atoms with Gasteiger partial charge >= 0.3 is 0 Å². The molecule has 0 saturated heterocycles. The van der Waals surface area contributed by atoms with E-state index in [2.05, 4.69) is 11.4 Å². The number of thiophene rings is 1. The molecule has 0 spiro atoms. The van der Waals surface area contributed by atoms with Crippen molar-refractivity contribution in [3.63, 3.8) is 0 Å². The maximum Gasteiger partial charge on any atom is 0.242 e. The number of benzene rings is 1. The van der Waals surface area contributed by atoms with Crippen LogP contribution in [0, 0.1) is 5.92 Å². The Bertz CT molecular complexity index is 912. The van der Waals surface area contributed by atoms with Gasteiger partial charge in [0.15, 0.2) is 0 Å². The zero-order chi connectivity index (χ0) is 21.8. The van der Waals surface area contributed by atoms with Crippen molar-refractivity contribution in [3.05, 3.63) is 55.7 Å². The first kappa shape index (κ1) is 23.1. The van der Waals surface area contributed by atoms with E-state index in [4.69, 9.17) is 23.2 Å². The van der Waals surface area contributed by atoms with Crippen LogP contribution in [0.5, 0.6) is 0 Å². The van der Waals surface area contributed by atoms with Gasteiger partial charge in [-0.15, -0.1) is 11.3 Å². The number of carbonyl (C=O) groups excluding carboxylic acids is 2. The van der Waals surface area contributed by atoms with E-state index in [0.29, 0.717) is 29.6 Å². The molecule has 0 N–H and O–H groups in total. The fraction of sp³-hybridized carbons (Fsp3) is 0.478. The second kappa shape index (κ2) is 10.2. The summed E-state index contributed by atoms with van der Waals surface area (Å²) in [5.74, 6) is 0.249. The molecule has 0 bridgehead atoms. The van der Waals surface area contributed by atoms with Crippen LogP contribution in [0.25, 0.3) is 0 Å². The van der Waals surface area contributed by atoms with Gasteiger partial charge in [-0.3, -0.25) is 9.59 Å². The first-order valence-corrected chi connectivity index (χ1v) is 12.0. The molecule has 1 aromatic carbocycles. The molecule has 2 heterocycles. The van der Waals surface area contributed by atoms with Gasteiger partial charge < -0.3 is 9.80 Å². The third-order valence-corrected chi connectivity index (χ3v) is 6.86. The van der Waals surface area contributed by atoms with Gasteiger partial charge in [0.1, 0.15) is 0 Å². The number of amides is 2. The fourth-order valence-corrected chi connectivity index (χ4v) is 5.35. The maximum absolute atomic E-state index is 13.4. The molecule has 1 atom stereocenters. The molecule has 1 aliphatic heterocycles. The lowest BCUT2D eigenvalue weighted by Gasteiger charge is -2.38. The lowest BCUT2D eigenvalue weighted by atomic mass is 9.93. The fourth-order valence-electron chi connectivity index (χ4n) is 3.94. The number of hydrogen-bond donors (Lipinski definition) is 0. The summed E-state index contributed by atoms with van der Waals surface area (Å²) >= 11 is 14.4. The Morgan fingerprint density at radius 1 is 1.23 bits per heavy atom. The van der Waals surface area contributed by atoms with Gasteiger partial charge in [-0.1, -0.05) is 50.0 Å². The Hall–Kier alpha value is -1.56. The third kappa shape index (κ3) is 5.19. The highest BCUT2D eigenvalue weighted by atomic mass is 35.5. The first-order chi connectivity index (χ1) is 14.3. The molecular weight excluding hydrogens is 439 g/mol. The Labute approximate surface area is 192 Å². The minimum atomic E-state index is -0.263. The number of rotatable bonds is 7. The largest absolute Gasteiger partial charge is 0.333 e. The van der Waals surface area contributed by atoms with Gasteiger partial charge in [-0.2, -0.15) is 0 Å². The monoisotopic (exact) mass is 466 g/mol. The number of carbonyl (C=O) groups is 2. The highest BCUT2D eigenvalue weighted by Gasteiger charge is 2.35. The van der Waals surface area contributed by atoms with Crippen molar-refractivity contribution < 1.29 is 9.59 Å². The normalized spacial score (nSPS) is 15.9. The number of nitrogens with zero attached hydrogens (tertiary/aromatic N) is 2. The molecule has 1 unspecified atom stereocenters. The van der Waals surface area contributed by atoms with E-state index in [-0.39, 0.29) is 30.3 Å². The van der Waals surface area contributed by atoms with E-state index < -0.39 is 0 Å².